The van der Waals surface area contributed by atoms with Gasteiger partial charge in [-0.1, -0.05) is 66.7 Å². The molecule has 1 aromatic heterocycles. The number of aromatic nitrogens is 1. The molecule has 13 nitrogen and oxygen atoms in total. The number of hydrogen-bond acceptors (Lipinski definition) is 9. The first-order valence-electron chi connectivity index (χ1n) is 21.5. The number of phenolic OH excluding ortho intramolecular Hbond substituents is 1. The number of likely N-dealkylation sites (tertiary alicyclic amines) is 1. The van der Waals surface area contributed by atoms with Crippen LogP contribution < -0.4 is 21.5 Å². The van der Waals surface area contributed by atoms with Crippen molar-refractivity contribution in [2.45, 2.75) is 76.9 Å². The number of aromatic hydroxyl groups is 1. The van der Waals surface area contributed by atoms with Gasteiger partial charge < -0.3 is 39.7 Å². The highest BCUT2D eigenvalue weighted by molar-refractivity contribution is 6.69. The number of hydrogen-bond donors (Lipinski definition) is 5. The van der Waals surface area contributed by atoms with Crippen molar-refractivity contribution >= 4 is 48.5 Å². The molecule has 0 saturated carbocycles. The van der Waals surface area contributed by atoms with Gasteiger partial charge in [-0.25, -0.2) is 4.79 Å². The number of carbonyl (C=O) groups excluding carboxylic acids is 3. The highest BCUT2D eigenvalue weighted by Gasteiger charge is 2.26. The number of rotatable bonds is 19. The van der Waals surface area contributed by atoms with E-state index >= 15 is 0 Å². The van der Waals surface area contributed by atoms with Gasteiger partial charge in [-0.3, -0.25) is 19.7 Å². The van der Waals surface area contributed by atoms with E-state index in [-0.39, 0.29) is 35.3 Å². The van der Waals surface area contributed by atoms with Gasteiger partial charge in [0.1, 0.15) is 11.9 Å². The van der Waals surface area contributed by atoms with E-state index in [1.807, 2.05) is 92.0 Å². The van der Waals surface area contributed by atoms with Crippen LogP contribution in [0.15, 0.2) is 108 Å². The fraction of sp³-hybridized carbons (Fsp3) is 0.375. The summed E-state index contributed by atoms with van der Waals surface area (Å²) in [6.45, 7) is 10.2. The minimum absolute atomic E-state index is 0.0166. The Hall–Kier alpha value is -5.80. The number of unbranched alkanes of at least 4 members (excludes halogenated alkanes) is 1. The summed E-state index contributed by atoms with van der Waals surface area (Å²) in [6, 6.07) is 31.9. The number of nitrogens with one attached hydrogen (secondary N) is 4. The van der Waals surface area contributed by atoms with E-state index in [0.717, 1.165) is 52.8 Å². The van der Waals surface area contributed by atoms with Crippen molar-refractivity contribution in [2.75, 3.05) is 50.4 Å². The smallest absolute Gasteiger partial charge is 0.411 e. The van der Waals surface area contributed by atoms with Crippen LogP contribution in [-0.4, -0.2) is 92.0 Å². The van der Waals surface area contributed by atoms with Crippen LogP contribution in [0.1, 0.15) is 55.8 Å². The summed E-state index contributed by atoms with van der Waals surface area (Å²) in [7, 11) is -0.156. The summed E-state index contributed by atoms with van der Waals surface area (Å²) in [5.74, 6) is 0.0212. The monoisotopic (exact) mass is 860 g/mol. The van der Waals surface area contributed by atoms with Gasteiger partial charge in [-0.15, -0.1) is 0 Å². The maximum Gasteiger partial charge on any atom is 0.411 e. The summed E-state index contributed by atoms with van der Waals surface area (Å²) >= 11 is 0. The molecule has 1 saturated heterocycles. The molecule has 0 radical (unpaired) electrons. The van der Waals surface area contributed by atoms with Crippen LogP contribution in [0.2, 0.25) is 19.6 Å². The summed E-state index contributed by atoms with van der Waals surface area (Å²) in [5, 5.41) is 20.5. The lowest BCUT2D eigenvalue weighted by atomic mass is 10.0. The van der Waals surface area contributed by atoms with E-state index in [2.05, 4.69) is 45.5 Å². The van der Waals surface area contributed by atoms with Crippen molar-refractivity contribution in [1.82, 2.24) is 20.1 Å². The van der Waals surface area contributed by atoms with Gasteiger partial charge in [0.05, 0.1) is 17.3 Å². The lowest BCUT2D eigenvalue weighted by Crippen LogP contribution is -2.40. The number of pyridine rings is 1. The number of benzene rings is 4. The molecule has 1 aliphatic heterocycles. The van der Waals surface area contributed by atoms with Crippen LogP contribution in [0.4, 0.5) is 16.2 Å². The maximum atomic E-state index is 12.9. The van der Waals surface area contributed by atoms with Crippen LogP contribution in [0.5, 0.6) is 5.75 Å². The topological polar surface area (TPSA) is 165 Å². The fourth-order valence-electron chi connectivity index (χ4n) is 7.67. The van der Waals surface area contributed by atoms with Gasteiger partial charge in [-0.2, -0.15) is 0 Å². The number of aromatic amines is 1. The molecule has 4 aromatic carbocycles. The van der Waals surface area contributed by atoms with Crippen LogP contribution >= 0.6 is 0 Å². The van der Waals surface area contributed by atoms with Gasteiger partial charge in [0.25, 0.3) is 0 Å². The minimum Gasteiger partial charge on any atom is -0.506 e. The highest BCUT2D eigenvalue weighted by atomic mass is 28.4. The number of anilines is 2. The second kappa shape index (κ2) is 21.8. The van der Waals surface area contributed by atoms with Crippen LogP contribution in [0, 0.1) is 0 Å². The normalized spacial score (nSPS) is 14.0. The lowest BCUT2D eigenvalue weighted by Gasteiger charge is -2.31. The molecule has 0 spiro atoms. The SMILES string of the molecule is CN(CCCCC(=O)Nc1ccc(CNC[C@H](O[Si](C)(C)C)c2ccc(O)c3[nH]c(=O)ccc23)cc1)C(=O)CCN1CCC(OC(=O)Nc2ccccc2-c2ccccc2)CC1. The average molecular weight is 861 g/mol. The highest BCUT2D eigenvalue weighted by Crippen LogP contribution is 2.32. The number of phenols is 1. The molecular formula is C48H60N6O7Si. The molecule has 6 rings (SSSR count). The van der Waals surface area contributed by atoms with Gasteiger partial charge in [-0.05, 0) is 92.3 Å². The number of carbonyl (C=O) groups is 3. The number of piperidine rings is 1. The van der Waals surface area contributed by atoms with Crippen molar-refractivity contribution in [3.05, 3.63) is 125 Å². The van der Waals surface area contributed by atoms with Gasteiger partial charge in [0.2, 0.25) is 17.4 Å². The molecule has 0 unspecified atom stereocenters. The zero-order chi connectivity index (χ0) is 44.1. The van der Waals surface area contributed by atoms with E-state index < -0.39 is 14.4 Å². The first-order chi connectivity index (χ1) is 29.8. The van der Waals surface area contributed by atoms with Crippen molar-refractivity contribution in [3.63, 3.8) is 0 Å². The van der Waals surface area contributed by atoms with Gasteiger partial charge in [0, 0.05) is 81.9 Å². The Labute approximate surface area is 365 Å². The molecule has 1 aliphatic rings. The largest absolute Gasteiger partial charge is 0.506 e. The maximum absolute atomic E-state index is 12.9. The second-order valence-corrected chi connectivity index (χ2v) is 21.3. The van der Waals surface area contributed by atoms with Crippen molar-refractivity contribution in [1.29, 1.82) is 0 Å². The zero-order valence-electron chi connectivity index (χ0n) is 36.2. The summed E-state index contributed by atoms with van der Waals surface area (Å²) in [4.78, 5) is 57.1. The molecule has 14 heteroatoms. The first-order valence-corrected chi connectivity index (χ1v) is 24.9. The zero-order valence-corrected chi connectivity index (χ0v) is 37.2. The summed E-state index contributed by atoms with van der Waals surface area (Å²) in [6.07, 6.45) is 2.66. The molecule has 328 valence electrons. The second-order valence-electron chi connectivity index (χ2n) is 16.9. The third-order valence-corrected chi connectivity index (χ3v) is 11.9. The molecule has 3 amide bonds. The van der Waals surface area contributed by atoms with Gasteiger partial charge in [0.15, 0.2) is 8.32 Å². The van der Waals surface area contributed by atoms with E-state index in [9.17, 15) is 24.3 Å². The lowest BCUT2D eigenvalue weighted by molar-refractivity contribution is -0.130. The molecule has 62 heavy (non-hydrogen) atoms. The molecule has 5 N–H and O–H groups in total. The van der Waals surface area contributed by atoms with Crippen LogP contribution in [0.3, 0.4) is 0 Å². The predicted octanol–water partition coefficient (Wildman–Crippen LogP) is 8.25. The Morgan fingerprint density at radius 3 is 2.34 bits per heavy atom. The Morgan fingerprint density at radius 2 is 1.60 bits per heavy atom. The quantitative estimate of drug-likeness (QED) is 0.0406. The number of H-pyrrole nitrogens is 1. The van der Waals surface area contributed by atoms with Crippen molar-refractivity contribution in [3.8, 4) is 16.9 Å². The average Bonchev–Trinajstić information content (AvgIpc) is 3.25. The Kier molecular flexibility index (Phi) is 16.1. The van der Waals surface area contributed by atoms with E-state index in [1.54, 1.807) is 17.0 Å². The Morgan fingerprint density at radius 1 is 0.871 bits per heavy atom. The van der Waals surface area contributed by atoms with Crippen LogP contribution in [-0.2, 0) is 25.3 Å². The third kappa shape index (κ3) is 13.6. The number of ether oxygens (including phenoxy) is 1. The number of amides is 3. The summed E-state index contributed by atoms with van der Waals surface area (Å²) in [5.41, 5.74) is 5.43. The molecule has 1 fully saturated rings. The molecule has 2 heterocycles. The Balaban J connectivity index is 0.843. The minimum atomic E-state index is -1.97. The third-order valence-electron chi connectivity index (χ3n) is 10.9. The molecule has 0 bridgehead atoms. The molecule has 1 atom stereocenters. The fourth-order valence-corrected chi connectivity index (χ4v) is 8.73. The number of fused-ring (bicyclic) bond motifs is 1. The Bertz CT molecular complexity index is 2330. The first kappa shape index (κ1) is 45.7. The van der Waals surface area contributed by atoms with E-state index in [4.69, 9.17) is 9.16 Å². The molecule has 5 aromatic rings. The number of nitrogens with zero attached hydrogens (tertiary/aromatic N) is 2. The van der Waals surface area contributed by atoms with Crippen molar-refractivity contribution < 1.29 is 28.7 Å². The predicted molar refractivity (Wildman–Crippen MR) is 248 cm³/mol. The van der Waals surface area contributed by atoms with E-state index in [1.165, 1.54) is 6.07 Å². The van der Waals surface area contributed by atoms with Gasteiger partial charge >= 0.3 is 6.09 Å². The van der Waals surface area contributed by atoms with Crippen molar-refractivity contribution in [2.24, 2.45) is 0 Å². The van der Waals surface area contributed by atoms with Crippen LogP contribution in [0.25, 0.3) is 22.0 Å². The molecular weight excluding hydrogens is 801 g/mol. The summed E-state index contributed by atoms with van der Waals surface area (Å²) < 4.78 is 12.3. The molecule has 0 aliphatic carbocycles. The van der Waals surface area contributed by atoms with E-state index in [0.29, 0.717) is 69.5 Å². The number of para-hydroxylation sites is 1. The standard InChI is InChI=1S/C48H60N6O7Si/c1-53(46(58)27-31-54-29-25-37(26-30-54)60-48(59)51-41-15-9-8-14-38(41)35-12-6-5-7-13-35)28-11-10-16-44(56)50-36-19-17-34(18-20-36)32-49-33-43(61-62(2,3)4)39-21-23-42(55)47-40(39)22-24-45(57)52-47/h5-9,12-15,17-24,37,43,49,55H,10-11,16,25-33H2,1-4H3,(H,50,56)(H,51,59)(H,52,57)/t43-/m0/s1.